The van der Waals surface area contributed by atoms with E-state index in [9.17, 15) is 19.5 Å². The summed E-state index contributed by atoms with van der Waals surface area (Å²) >= 11 is 1.43. The lowest BCUT2D eigenvalue weighted by Gasteiger charge is -2.19. The zero-order valence-electron chi connectivity index (χ0n) is 14.9. The average Bonchev–Trinajstić information content (AvgIpc) is 3.08. The Morgan fingerprint density at radius 2 is 1.85 bits per heavy atom. The summed E-state index contributed by atoms with van der Waals surface area (Å²) in [6, 6.07) is 7.34. The van der Waals surface area contributed by atoms with Gasteiger partial charge in [0.2, 0.25) is 11.8 Å². The fourth-order valence-electron chi connectivity index (χ4n) is 2.59. The molecule has 3 N–H and O–H groups in total. The van der Waals surface area contributed by atoms with Crippen LogP contribution in [0, 0.1) is 13.8 Å². The highest BCUT2D eigenvalue weighted by Crippen LogP contribution is 2.23. The number of amides is 2. The molecule has 26 heavy (non-hydrogen) atoms. The molecule has 2 unspecified atom stereocenters. The Kier molecular flexibility index (Phi) is 6.52. The van der Waals surface area contributed by atoms with Crippen LogP contribution in [0.1, 0.15) is 47.0 Å². The maximum atomic E-state index is 12.4. The summed E-state index contributed by atoms with van der Waals surface area (Å²) < 4.78 is 0. The minimum absolute atomic E-state index is 0.0330. The first kappa shape index (κ1) is 19.7. The summed E-state index contributed by atoms with van der Waals surface area (Å²) in [5.41, 5.74) is 2.52. The number of aryl methyl sites for hydroxylation is 2. The van der Waals surface area contributed by atoms with Gasteiger partial charge in [-0.2, -0.15) is 0 Å². The first-order valence-electron chi connectivity index (χ1n) is 8.17. The zero-order chi connectivity index (χ0) is 19.3. The Bertz CT molecular complexity index is 802. The second-order valence-corrected chi connectivity index (χ2v) is 7.13. The third-order valence-electron chi connectivity index (χ3n) is 4.07. The van der Waals surface area contributed by atoms with Gasteiger partial charge >= 0.3 is 5.97 Å². The summed E-state index contributed by atoms with van der Waals surface area (Å²) in [7, 11) is 0. The van der Waals surface area contributed by atoms with Crippen molar-refractivity contribution < 1.29 is 19.5 Å². The molecule has 1 aromatic heterocycles. The molecule has 0 aliphatic carbocycles. The first-order chi connectivity index (χ1) is 12.3. The van der Waals surface area contributed by atoms with Crippen LogP contribution in [0.25, 0.3) is 0 Å². The van der Waals surface area contributed by atoms with E-state index >= 15 is 0 Å². The third-order valence-corrected chi connectivity index (χ3v) is 5.06. The van der Waals surface area contributed by atoms with Gasteiger partial charge in [0, 0.05) is 11.8 Å². The molecular weight excluding hydrogens is 352 g/mol. The van der Waals surface area contributed by atoms with Crippen LogP contribution < -0.4 is 10.6 Å². The number of carbonyl (C=O) groups is 3. The normalized spacial score (nSPS) is 12.9. The Hall–Kier alpha value is -2.67. The monoisotopic (exact) mass is 374 g/mol. The van der Waals surface area contributed by atoms with Crippen molar-refractivity contribution in [2.24, 2.45) is 0 Å². The van der Waals surface area contributed by atoms with Gasteiger partial charge in [-0.25, -0.2) is 4.79 Å². The summed E-state index contributed by atoms with van der Waals surface area (Å²) in [5.74, 6) is -1.82. The van der Waals surface area contributed by atoms with E-state index in [0.29, 0.717) is 5.56 Å². The van der Waals surface area contributed by atoms with E-state index in [-0.39, 0.29) is 12.3 Å². The highest BCUT2D eigenvalue weighted by molar-refractivity contribution is 7.10. The molecule has 7 heteroatoms. The van der Waals surface area contributed by atoms with Crippen molar-refractivity contribution in [2.45, 2.75) is 39.3 Å². The van der Waals surface area contributed by atoms with Crippen LogP contribution >= 0.6 is 11.3 Å². The van der Waals surface area contributed by atoms with E-state index < -0.39 is 24.0 Å². The van der Waals surface area contributed by atoms with Gasteiger partial charge in [0.1, 0.15) is 0 Å². The van der Waals surface area contributed by atoms with Crippen LogP contribution in [0.2, 0.25) is 0 Å². The first-order valence-corrected chi connectivity index (χ1v) is 9.05. The predicted octanol–water partition coefficient (Wildman–Crippen LogP) is 2.87. The van der Waals surface area contributed by atoms with E-state index in [2.05, 4.69) is 10.6 Å². The molecule has 0 bridgehead atoms. The van der Waals surface area contributed by atoms with Gasteiger partial charge in [-0.3, -0.25) is 9.59 Å². The van der Waals surface area contributed by atoms with Crippen molar-refractivity contribution in [3.8, 4) is 0 Å². The number of rotatable bonds is 7. The minimum atomic E-state index is -1.14. The number of thiophene rings is 1. The van der Waals surface area contributed by atoms with Gasteiger partial charge in [0.05, 0.1) is 12.5 Å². The highest BCUT2D eigenvalue weighted by atomic mass is 32.1. The largest absolute Gasteiger partial charge is 0.479 e. The lowest BCUT2D eigenvalue weighted by atomic mass is 10.0. The van der Waals surface area contributed by atoms with E-state index in [1.165, 1.54) is 18.3 Å². The SMILES string of the molecule is CC(=O)NC(CC(=O)NC(C(=O)O)c1ccc(C)c(C)c1)c1cccs1. The molecule has 1 heterocycles. The van der Waals surface area contributed by atoms with Crippen LogP contribution in [0.4, 0.5) is 0 Å². The molecule has 2 atom stereocenters. The van der Waals surface area contributed by atoms with Crippen molar-refractivity contribution in [3.05, 3.63) is 57.3 Å². The molecule has 0 aliphatic rings. The number of benzene rings is 1. The smallest absolute Gasteiger partial charge is 0.330 e. The number of hydrogen-bond donors (Lipinski definition) is 3. The highest BCUT2D eigenvalue weighted by Gasteiger charge is 2.25. The van der Waals surface area contributed by atoms with Crippen molar-refractivity contribution in [2.75, 3.05) is 0 Å². The Morgan fingerprint density at radius 1 is 1.12 bits per heavy atom. The molecule has 0 aliphatic heterocycles. The summed E-state index contributed by atoms with van der Waals surface area (Å²) in [4.78, 5) is 36.4. The molecule has 6 nitrogen and oxygen atoms in total. The second-order valence-electron chi connectivity index (χ2n) is 6.16. The number of hydrogen-bond acceptors (Lipinski definition) is 4. The summed E-state index contributed by atoms with van der Waals surface area (Å²) in [5, 5.41) is 16.7. The molecule has 0 fully saturated rings. The predicted molar refractivity (Wildman–Crippen MR) is 99.9 cm³/mol. The van der Waals surface area contributed by atoms with Gasteiger partial charge in [-0.15, -0.1) is 11.3 Å². The average molecular weight is 374 g/mol. The van der Waals surface area contributed by atoms with Crippen molar-refractivity contribution in [1.29, 1.82) is 0 Å². The van der Waals surface area contributed by atoms with Gasteiger partial charge in [-0.1, -0.05) is 24.3 Å². The molecule has 2 aromatic rings. The van der Waals surface area contributed by atoms with Gasteiger partial charge in [0.15, 0.2) is 6.04 Å². The molecule has 2 amide bonds. The van der Waals surface area contributed by atoms with Gasteiger partial charge in [0.25, 0.3) is 0 Å². The van der Waals surface area contributed by atoms with E-state index in [1.54, 1.807) is 12.1 Å². The summed E-state index contributed by atoms with van der Waals surface area (Å²) in [6.07, 6.45) is -0.0330. The fraction of sp³-hybridized carbons (Fsp3) is 0.316. The van der Waals surface area contributed by atoms with Crippen LogP contribution in [0.15, 0.2) is 35.7 Å². The topological polar surface area (TPSA) is 95.5 Å². The maximum absolute atomic E-state index is 12.4. The van der Waals surface area contributed by atoms with E-state index in [4.69, 9.17) is 0 Å². The van der Waals surface area contributed by atoms with Crippen LogP contribution in [-0.4, -0.2) is 22.9 Å². The molecule has 1 aromatic carbocycles. The number of carboxylic acids is 1. The van der Waals surface area contributed by atoms with Gasteiger partial charge < -0.3 is 15.7 Å². The van der Waals surface area contributed by atoms with Crippen LogP contribution in [0.3, 0.4) is 0 Å². The Morgan fingerprint density at radius 3 is 2.38 bits per heavy atom. The Labute approximate surface area is 156 Å². The molecule has 0 saturated heterocycles. The number of aliphatic carboxylic acids is 1. The van der Waals surface area contributed by atoms with Crippen LogP contribution in [0.5, 0.6) is 0 Å². The molecule has 2 rings (SSSR count). The van der Waals surface area contributed by atoms with E-state index in [1.807, 2.05) is 37.4 Å². The molecule has 0 spiro atoms. The quantitative estimate of drug-likeness (QED) is 0.694. The number of nitrogens with one attached hydrogen (secondary N) is 2. The molecule has 0 radical (unpaired) electrons. The fourth-order valence-corrected chi connectivity index (χ4v) is 3.37. The molecule has 0 saturated carbocycles. The molecule has 138 valence electrons. The zero-order valence-corrected chi connectivity index (χ0v) is 15.7. The van der Waals surface area contributed by atoms with Crippen LogP contribution in [-0.2, 0) is 14.4 Å². The number of carboxylic acid groups (broad SMARTS) is 1. The number of carbonyl (C=O) groups excluding carboxylic acids is 2. The molecular formula is C19H22N2O4S. The minimum Gasteiger partial charge on any atom is -0.479 e. The standard InChI is InChI=1S/C19H22N2O4S/c1-11-6-7-14(9-12(11)2)18(19(24)25)21-17(23)10-15(20-13(3)22)16-5-4-8-26-16/h4-9,15,18H,10H2,1-3H3,(H,20,22)(H,21,23)(H,24,25). The maximum Gasteiger partial charge on any atom is 0.330 e. The van der Waals surface area contributed by atoms with Crippen molar-refractivity contribution in [3.63, 3.8) is 0 Å². The van der Waals surface area contributed by atoms with Crippen molar-refractivity contribution in [1.82, 2.24) is 10.6 Å². The summed E-state index contributed by atoms with van der Waals surface area (Å²) in [6.45, 7) is 5.21. The Balaban J connectivity index is 2.14. The van der Waals surface area contributed by atoms with Gasteiger partial charge in [-0.05, 0) is 42.0 Å². The van der Waals surface area contributed by atoms with E-state index in [0.717, 1.165) is 16.0 Å². The third kappa shape index (κ3) is 5.16. The van der Waals surface area contributed by atoms with Crippen molar-refractivity contribution >= 4 is 29.1 Å². The second kappa shape index (κ2) is 8.62. The lowest BCUT2D eigenvalue weighted by Crippen LogP contribution is -2.37. The lowest BCUT2D eigenvalue weighted by molar-refractivity contribution is -0.142.